The molecule has 3 rings (SSSR count). The number of rotatable bonds is 3. The molecule has 0 unspecified atom stereocenters. The van der Waals surface area contributed by atoms with Gasteiger partial charge in [0, 0.05) is 17.1 Å². The Hall–Kier alpha value is -3.36. The number of nitrogens with two attached hydrogens (primary N) is 1. The topological polar surface area (TPSA) is 57.9 Å². The summed E-state index contributed by atoms with van der Waals surface area (Å²) in [4.78, 5) is 7.03. The van der Waals surface area contributed by atoms with E-state index in [1.807, 2.05) is 24.3 Å². The fraction of sp³-hybridized carbons (Fsp3) is 0. The quantitative estimate of drug-likeness (QED) is 0.336. The van der Waals surface area contributed by atoms with Gasteiger partial charge in [0.25, 0.3) is 0 Å². The van der Waals surface area contributed by atoms with Crippen molar-refractivity contribution in [3.05, 3.63) is 84.6 Å². The van der Waals surface area contributed by atoms with Crippen LogP contribution in [0.2, 0.25) is 0 Å². The highest BCUT2D eigenvalue weighted by Crippen LogP contribution is 2.14. The summed E-state index contributed by atoms with van der Waals surface area (Å²) in [5, 5.41) is 2.19. The van der Waals surface area contributed by atoms with E-state index >= 15 is 0 Å². The standard InChI is InChI=1S/C19H15FN4/c1-2-3-10-24(21)18-8-5-14(6-9-18)4-7-17-12-15-11-16(20)13-22-19(15)23-17/h2-3,5-6,8-13H,1,21H2,(H,22,23)/b10-3-. The number of fused-ring (bicyclic) bond motifs is 1. The molecule has 5 heteroatoms. The van der Waals surface area contributed by atoms with Crippen LogP contribution in [0.4, 0.5) is 10.1 Å². The molecular weight excluding hydrogens is 303 g/mol. The first-order valence-corrected chi connectivity index (χ1v) is 7.25. The average Bonchev–Trinajstić information content (AvgIpc) is 3.00. The van der Waals surface area contributed by atoms with Crippen LogP contribution in [-0.2, 0) is 0 Å². The number of allylic oxidation sites excluding steroid dienone is 2. The van der Waals surface area contributed by atoms with E-state index in [9.17, 15) is 4.39 Å². The number of aromatic amines is 1. The highest BCUT2D eigenvalue weighted by Gasteiger charge is 2.01. The van der Waals surface area contributed by atoms with Crippen LogP contribution in [0, 0.1) is 17.7 Å². The number of anilines is 1. The minimum Gasteiger partial charge on any atom is -0.333 e. The van der Waals surface area contributed by atoms with E-state index in [1.165, 1.54) is 17.3 Å². The third-order valence-electron chi connectivity index (χ3n) is 3.33. The fourth-order valence-corrected chi connectivity index (χ4v) is 2.15. The summed E-state index contributed by atoms with van der Waals surface area (Å²) < 4.78 is 13.1. The molecule has 0 fully saturated rings. The van der Waals surface area contributed by atoms with Crippen molar-refractivity contribution in [1.82, 2.24) is 9.97 Å². The number of pyridine rings is 1. The second kappa shape index (κ2) is 6.82. The van der Waals surface area contributed by atoms with Crippen molar-refractivity contribution in [2.45, 2.75) is 0 Å². The molecule has 0 aliphatic heterocycles. The monoisotopic (exact) mass is 318 g/mol. The van der Waals surface area contributed by atoms with Crippen LogP contribution in [0.5, 0.6) is 0 Å². The Balaban J connectivity index is 1.79. The Bertz CT molecular complexity index is 958. The van der Waals surface area contributed by atoms with Gasteiger partial charge < -0.3 is 4.98 Å². The maximum atomic E-state index is 13.1. The number of hydrogen-bond acceptors (Lipinski definition) is 3. The van der Waals surface area contributed by atoms with E-state index in [1.54, 1.807) is 24.4 Å². The smallest absolute Gasteiger partial charge is 0.142 e. The molecule has 0 atom stereocenters. The molecule has 0 aliphatic carbocycles. The SMILES string of the molecule is C=C/C=C\N(N)c1ccc(C#Cc2cc3cc(F)cnc3[nH]2)cc1. The molecule has 118 valence electrons. The van der Waals surface area contributed by atoms with E-state index < -0.39 is 0 Å². The summed E-state index contributed by atoms with van der Waals surface area (Å²) in [6.45, 7) is 3.60. The number of hydrazine groups is 1. The zero-order chi connectivity index (χ0) is 16.9. The van der Waals surface area contributed by atoms with Gasteiger partial charge in [0.15, 0.2) is 0 Å². The van der Waals surface area contributed by atoms with Crippen LogP contribution in [0.15, 0.2) is 67.5 Å². The first-order chi connectivity index (χ1) is 11.7. The summed E-state index contributed by atoms with van der Waals surface area (Å²) in [5.74, 6) is 11.6. The Morgan fingerprint density at radius 2 is 2.00 bits per heavy atom. The minimum atomic E-state index is -0.367. The van der Waals surface area contributed by atoms with Gasteiger partial charge >= 0.3 is 0 Å². The number of halogens is 1. The third kappa shape index (κ3) is 3.51. The molecule has 0 saturated carbocycles. The van der Waals surface area contributed by atoms with Crippen LogP contribution < -0.4 is 10.9 Å². The van der Waals surface area contributed by atoms with Crippen LogP contribution in [0.1, 0.15) is 11.3 Å². The van der Waals surface area contributed by atoms with E-state index in [2.05, 4.69) is 28.4 Å². The highest BCUT2D eigenvalue weighted by molar-refractivity contribution is 5.77. The van der Waals surface area contributed by atoms with Crippen LogP contribution >= 0.6 is 0 Å². The zero-order valence-electron chi connectivity index (χ0n) is 12.8. The molecule has 1 aromatic carbocycles. The number of hydrogen-bond donors (Lipinski definition) is 2. The van der Waals surface area contributed by atoms with Crippen molar-refractivity contribution in [3.8, 4) is 11.8 Å². The lowest BCUT2D eigenvalue weighted by Crippen LogP contribution is -2.23. The third-order valence-corrected chi connectivity index (χ3v) is 3.33. The molecule has 3 N–H and O–H groups in total. The van der Waals surface area contributed by atoms with Crippen molar-refractivity contribution in [2.75, 3.05) is 5.01 Å². The molecule has 0 amide bonds. The van der Waals surface area contributed by atoms with E-state index in [4.69, 9.17) is 5.84 Å². The highest BCUT2D eigenvalue weighted by atomic mass is 19.1. The summed E-state index contributed by atoms with van der Waals surface area (Å²) >= 11 is 0. The zero-order valence-corrected chi connectivity index (χ0v) is 12.8. The minimum absolute atomic E-state index is 0.367. The summed E-state index contributed by atoms with van der Waals surface area (Å²) in [6.07, 6.45) is 6.29. The molecule has 3 aromatic rings. The van der Waals surface area contributed by atoms with E-state index in [-0.39, 0.29) is 5.82 Å². The number of aromatic nitrogens is 2. The largest absolute Gasteiger partial charge is 0.333 e. The van der Waals surface area contributed by atoms with Crippen molar-refractivity contribution < 1.29 is 4.39 Å². The second-order valence-electron chi connectivity index (χ2n) is 5.06. The van der Waals surface area contributed by atoms with Gasteiger partial charge in [-0.1, -0.05) is 18.6 Å². The van der Waals surface area contributed by atoms with Crippen molar-refractivity contribution in [3.63, 3.8) is 0 Å². The van der Waals surface area contributed by atoms with Crippen LogP contribution in [-0.4, -0.2) is 9.97 Å². The first kappa shape index (κ1) is 15.5. The van der Waals surface area contributed by atoms with Gasteiger partial charge in [-0.05, 0) is 48.4 Å². The summed E-state index contributed by atoms with van der Waals surface area (Å²) in [6, 6.07) is 10.7. The number of nitrogens with zero attached hydrogens (tertiary/aromatic N) is 2. The van der Waals surface area contributed by atoms with Gasteiger partial charge in [0.05, 0.1) is 17.6 Å². The molecule has 2 heterocycles. The van der Waals surface area contributed by atoms with Gasteiger partial charge in [0.1, 0.15) is 11.5 Å². The Kier molecular flexibility index (Phi) is 4.41. The van der Waals surface area contributed by atoms with Crippen LogP contribution in [0.3, 0.4) is 0 Å². The van der Waals surface area contributed by atoms with Crippen molar-refractivity contribution >= 4 is 16.7 Å². The lowest BCUT2D eigenvalue weighted by atomic mass is 10.2. The molecule has 24 heavy (non-hydrogen) atoms. The van der Waals surface area contributed by atoms with E-state index in [0.29, 0.717) is 16.7 Å². The summed E-state index contributed by atoms with van der Waals surface area (Å²) in [5.41, 5.74) is 2.98. The van der Waals surface area contributed by atoms with E-state index in [0.717, 1.165) is 11.3 Å². The van der Waals surface area contributed by atoms with Gasteiger partial charge in [-0.15, -0.1) is 0 Å². The van der Waals surface area contributed by atoms with Gasteiger partial charge in [-0.2, -0.15) is 0 Å². The predicted molar refractivity (Wildman–Crippen MR) is 94.5 cm³/mol. The Labute approximate surface area is 139 Å². The molecular formula is C19H15FN4. The van der Waals surface area contributed by atoms with Gasteiger partial charge in [-0.3, -0.25) is 5.01 Å². The lowest BCUT2D eigenvalue weighted by Gasteiger charge is -2.12. The maximum Gasteiger partial charge on any atom is 0.142 e. The number of benzene rings is 1. The van der Waals surface area contributed by atoms with Crippen molar-refractivity contribution in [2.24, 2.45) is 5.84 Å². The van der Waals surface area contributed by atoms with Gasteiger partial charge in [-0.25, -0.2) is 15.2 Å². The molecule has 0 bridgehead atoms. The second-order valence-corrected chi connectivity index (χ2v) is 5.06. The molecule has 2 aromatic heterocycles. The Morgan fingerprint density at radius 1 is 1.21 bits per heavy atom. The molecule has 0 spiro atoms. The first-order valence-electron chi connectivity index (χ1n) is 7.25. The summed E-state index contributed by atoms with van der Waals surface area (Å²) in [7, 11) is 0. The van der Waals surface area contributed by atoms with Gasteiger partial charge in [0.2, 0.25) is 0 Å². The maximum absolute atomic E-state index is 13.1. The van der Waals surface area contributed by atoms with Crippen LogP contribution in [0.25, 0.3) is 11.0 Å². The molecule has 0 radical (unpaired) electrons. The number of nitrogens with one attached hydrogen (secondary N) is 1. The normalized spacial score (nSPS) is 10.6. The molecule has 0 aliphatic rings. The predicted octanol–water partition coefficient (Wildman–Crippen LogP) is 3.48. The fourth-order valence-electron chi connectivity index (χ4n) is 2.15. The lowest BCUT2D eigenvalue weighted by molar-refractivity contribution is 0.624. The van der Waals surface area contributed by atoms with Crippen molar-refractivity contribution in [1.29, 1.82) is 0 Å². The average molecular weight is 318 g/mol. The molecule has 0 saturated heterocycles. The number of H-pyrrole nitrogens is 1. The molecule has 4 nitrogen and oxygen atoms in total. The Morgan fingerprint density at radius 3 is 2.75 bits per heavy atom.